The molecule has 0 saturated heterocycles. The number of nitrogens with zero attached hydrogens (tertiary/aromatic N) is 1. The molecule has 0 aromatic carbocycles. The van der Waals surface area contributed by atoms with Crippen molar-refractivity contribution in [3.8, 4) is 0 Å². The summed E-state index contributed by atoms with van der Waals surface area (Å²) in [5, 5.41) is 6.76. The maximum absolute atomic E-state index is 5.10. The van der Waals surface area contributed by atoms with Crippen molar-refractivity contribution in [2.75, 3.05) is 20.3 Å². The van der Waals surface area contributed by atoms with E-state index in [0.717, 1.165) is 17.2 Å². The van der Waals surface area contributed by atoms with Crippen molar-refractivity contribution < 1.29 is 4.74 Å². The summed E-state index contributed by atoms with van der Waals surface area (Å²) in [4.78, 5) is 7.26. The summed E-state index contributed by atoms with van der Waals surface area (Å²) in [7, 11) is 1.72. The number of nitrogens with one attached hydrogen (secondary N) is 1. The number of thiophene rings is 1. The molecule has 0 saturated carbocycles. The molecule has 1 atom stereocenters. The summed E-state index contributed by atoms with van der Waals surface area (Å²) in [5.74, 6) is 0. The van der Waals surface area contributed by atoms with Gasteiger partial charge in [-0.1, -0.05) is 6.07 Å². The van der Waals surface area contributed by atoms with Gasteiger partial charge in [-0.3, -0.25) is 0 Å². The van der Waals surface area contributed by atoms with Crippen molar-refractivity contribution in [2.45, 2.75) is 19.9 Å². The fourth-order valence-corrected chi connectivity index (χ4v) is 3.59. The first-order chi connectivity index (χ1) is 8.72. The molecule has 2 heterocycles. The van der Waals surface area contributed by atoms with Crippen LogP contribution in [-0.4, -0.2) is 25.2 Å². The third-order valence-electron chi connectivity index (χ3n) is 2.77. The Hall–Kier alpha value is -0.750. The van der Waals surface area contributed by atoms with Gasteiger partial charge in [-0.25, -0.2) is 4.98 Å². The number of methoxy groups -OCH3 is 1. The van der Waals surface area contributed by atoms with Crippen LogP contribution in [0.1, 0.15) is 26.5 Å². The summed E-state index contributed by atoms with van der Waals surface area (Å²) < 4.78 is 5.10. The van der Waals surface area contributed by atoms with Crippen molar-refractivity contribution in [3.63, 3.8) is 0 Å². The Balaban J connectivity index is 2.19. The van der Waals surface area contributed by atoms with Crippen LogP contribution in [0, 0.1) is 13.8 Å². The van der Waals surface area contributed by atoms with Crippen LogP contribution < -0.4 is 5.32 Å². The highest BCUT2D eigenvalue weighted by molar-refractivity contribution is 7.12. The van der Waals surface area contributed by atoms with Gasteiger partial charge in [-0.05, 0) is 25.3 Å². The van der Waals surface area contributed by atoms with Crippen molar-refractivity contribution >= 4 is 22.7 Å². The first-order valence-corrected chi connectivity index (χ1v) is 7.61. The fraction of sp³-hybridized carbons (Fsp3) is 0.462. The molecule has 2 aromatic rings. The Morgan fingerprint density at radius 2 is 2.28 bits per heavy atom. The van der Waals surface area contributed by atoms with E-state index >= 15 is 0 Å². The Bertz CT molecular complexity index is 460. The molecule has 98 valence electrons. The first-order valence-electron chi connectivity index (χ1n) is 5.92. The third-order valence-corrected chi connectivity index (χ3v) is 4.85. The topological polar surface area (TPSA) is 34.1 Å². The van der Waals surface area contributed by atoms with E-state index in [0.29, 0.717) is 6.61 Å². The minimum atomic E-state index is 0.192. The number of hydrogen-bond acceptors (Lipinski definition) is 5. The lowest BCUT2D eigenvalue weighted by Crippen LogP contribution is -2.25. The summed E-state index contributed by atoms with van der Waals surface area (Å²) in [6.07, 6.45) is 0. The van der Waals surface area contributed by atoms with Gasteiger partial charge >= 0.3 is 0 Å². The lowest BCUT2D eigenvalue weighted by atomic mass is 10.2. The highest BCUT2D eigenvalue weighted by Gasteiger charge is 2.18. The average molecular weight is 282 g/mol. The van der Waals surface area contributed by atoms with Gasteiger partial charge < -0.3 is 10.1 Å². The van der Waals surface area contributed by atoms with Crippen molar-refractivity contribution in [3.05, 3.63) is 38.0 Å². The molecule has 0 bridgehead atoms. The third kappa shape index (κ3) is 3.17. The van der Waals surface area contributed by atoms with E-state index in [1.807, 2.05) is 0 Å². The Kier molecular flexibility index (Phi) is 4.88. The number of thiazole rings is 1. The predicted molar refractivity (Wildman–Crippen MR) is 77.6 cm³/mol. The van der Waals surface area contributed by atoms with Crippen LogP contribution in [0.4, 0.5) is 0 Å². The smallest absolute Gasteiger partial charge is 0.115 e. The zero-order chi connectivity index (χ0) is 13.0. The monoisotopic (exact) mass is 282 g/mol. The highest BCUT2D eigenvalue weighted by atomic mass is 32.1. The molecular weight excluding hydrogens is 264 g/mol. The van der Waals surface area contributed by atoms with Gasteiger partial charge in [0.2, 0.25) is 0 Å². The molecule has 0 aliphatic heterocycles. The lowest BCUT2D eigenvalue weighted by molar-refractivity contribution is 0.197. The van der Waals surface area contributed by atoms with Crippen LogP contribution in [0.3, 0.4) is 0 Å². The quantitative estimate of drug-likeness (QED) is 0.827. The standard InChI is InChI=1S/C13H18N2OS2/c1-9-10(2)18-13(15-9)12(14-6-7-16-3)11-5-4-8-17-11/h4-5,8,12,14H,6-7H2,1-3H3. The molecular formula is C13H18N2OS2. The summed E-state index contributed by atoms with van der Waals surface area (Å²) in [6.45, 7) is 5.73. The van der Waals surface area contributed by atoms with Crippen LogP contribution in [0.15, 0.2) is 17.5 Å². The number of aromatic nitrogens is 1. The molecule has 2 aromatic heterocycles. The fourth-order valence-electron chi connectivity index (χ4n) is 1.69. The van der Waals surface area contributed by atoms with Crippen molar-refractivity contribution in [2.24, 2.45) is 0 Å². The van der Waals surface area contributed by atoms with Crippen LogP contribution in [0.5, 0.6) is 0 Å². The molecule has 3 nitrogen and oxygen atoms in total. The second-order valence-electron chi connectivity index (χ2n) is 4.09. The van der Waals surface area contributed by atoms with Crippen LogP contribution in [0.2, 0.25) is 0 Å². The van der Waals surface area contributed by atoms with Crippen molar-refractivity contribution in [1.82, 2.24) is 10.3 Å². The van der Waals surface area contributed by atoms with Gasteiger partial charge in [0, 0.05) is 23.4 Å². The van der Waals surface area contributed by atoms with E-state index in [9.17, 15) is 0 Å². The van der Waals surface area contributed by atoms with E-state index < -0.39 is 0 Å². The van der Waals surface area contributed by atoms with Gasteiger partial charge in [-0.2, -0.15) is 0 Å². The van der Waals surface area contributed by atoms with Gasteiger partial charge in [0.1, 0.15) is 5.01 Å². The summed E-state index contributed by atoms with van der Waals surface area (Å²) in [5.41, 5.74) is 1.13. The largest absolute Gasteiger partial charge is 0.383 e. The molecule has 0 aliphatic carbocycles. The second-order valence-corrected chi connectivity index (χ2v) is 6.30. The number of aryl methyl sites for hydroxylation is 2. The number of hydrogen-bond donors (Lipinski definition) is 1. The maximum Gasteiger partial charge on any atom is 0.115 e. The minimum Gasteiger partial charge on any atom is -0.383 e. The highest BCUT2D eigenvalue weighted by Crippen LogP contribution is 2.30. The lowest BCUT2D eigenvalue weighted by Gasteiger charge is -2.14. The molecule has 1 N–H and O–H groups in total. The number of ether oxygens (including phenoxy) is 1. The van der Waals surface area contributed by atoms with E-state index in [1.54, 1.807) is 29.8 Å². The maximum atomic E-state index is 5.10. The number of rotatable bonds is 6. The molecule has 5 heteroatoms. The Morgan fingerprint density at radius 1 is 1.44 bits per heavy atom. The van der Waals surface area contributed by atoms with Gasteiger partial charge in [0.15, 0.2) is 0 Å². The zero-order valence-electron chi connectivity index (χ0n) is 10.9. The molecule has 2 rings (SSSR count). The molecule has 0 fully saturated rings. The van der Waals surface area contributed by atoms with Crippen LogP contribution in [0.25, 0.3) is 0 Å². The van der Waals surface area contributed by atoms with Crippen molar-refractivity contribution in [1.29, 1.82) is 0 Å². The van der Waals surface area contributed by atoms with E-state index in [4.69, 9.17) is 4.74 Å². The van der Waals surface area contributed by atoms with Gasteiger partial charge in [0.05, 0.1) is 18.3 Å². The van der Waals surface area contributed by atoms with Gasteiger partial charge in [-0.15, -0.1) is 22.7 Å². The summed E-state index contributed by atoms with van der Waals surface area (Å²) in [6, 6.07) is 4.43. The molecule has 0 amide bonds. The zero-order valence-corrected chi connectivity index (χ0v) is 12.5. The normalized spacial score (nSPS) is 12.8. The Labute approximate surface area is 116 Å². The average Bonchev–Trinajstić information content (AvgIpc) is 2.96. The van der Waals surface area contributed by atoms with E-state index in [2.05, 4.69) is 41.7 Å². The SMILES string of the molecule is COCCNC(c1cccs1)c1nc(C)c(C)s1. The Morgan fingerprint density at radius 3 is 2.83 bits per heavy atom. The van der Waals surface area contributed by atoms with E-state index in [-0.39, 0.29) is 6.04 Å². The minimum absolute atomic E-state index is 0.192. The molecule has 0 spiro atoms. The summed E-state index contributed by atoms with van der Waals surface area (Å²) >= 11 is 3.53. The van der Waals surface area contributed by atoms with Crippen LogP contribution in [-0.2, 0) is 4.74 Å². The first kappa shape index (κ1) is 13.7. The molecule has 18 heavy (non-hydrogen) atoms. The molecule has 0 aliphatic rings. The predicted octanol–water partition coefficient (Wildman–Crippen LogP) is 3.15. The van der Waals surface area contributed by atoms with Gasteiger partial charge in [0.25, 0.3) is 0 Å². The molecule has 1 unspecified atom stereocenters. The second kappa shape index (κ2) is 6.43. The molecule has 0 radical (unpaired) electrons. The van der Waals surface area contributed by atoms with Crippen LogP contribution >= 0.6 is 22.7 Å². The van der Waals surface area contributed by atoms with E-state index in [1.165, 1.54) is 9.75 Å².